The van der Waals surface area contributed by atoms with Crippen LogP contribution in [0.1, 0.15) is 56.9 Å². The van der Waals surface area contributed by atoms with Gasteiger partial charge in [-0.3, -0.25) is 14.4 Å². The van der Waals surface area contributed by atoms with E-state index >= 15 is 0 Å². The zero-order valence-corrected chi connectivity index (χ0v) is 22.2. The maximum Gasteiger partial charge on any atom is 0.326 e. The van der Waals surface area contributed by atoms with Crippen molar-refractivity contribution in [3.8, 4) is 0 Å². The maximum absolute atomic E-state index is 12.8. The van der Waals surface area contributed by atoms with Gasteiger partial charge in [0.05, 0.1) is 0 Å². The van der Waals surface area contributed by atoms with Gasteiger partial charge in [0.15, 0.2) is 6.23 Å². The lowest BCUT2D eigenvalue weighted by atomic mass is 10.1. The monoisotopic (exact) mass is 586 g/mol. The van der Waals surface area contributed by atoms with Crippen LogP contribution in [0.4, 0.5) is 4.79 Å². The number of benzene rings is 1. The number of nitrogens with zero attached hydrogens (tertiary/aromatic N) is 1. The number of unbranched alkanes of at least 4 members (excludes halogenated alkanes) is 2. The molecule has 13 heteroatoms. The molecule has 1 aromatic carbocycles. The standard InChI is InChI=1S/C24H35BrN4O8/c25-18-9-7-17(8-10-18)15-29(21(31)6-1-3-13-26)14-4-2-5-20(37-16-30)28-24(36)27-19(23(34)35)11-12-22(32)33/h7-10,16,19-20H,1-6,11-15,26H2,(H,32,33)(H,34,35)(H2,27,28,36). The largest absolute Gasteiger partial charge is 0.481 e. The van der Waals surface area contributed by atoms with Crippen molar-refractivity contribution in [3.63, 3.8) is 0 Å². The third-order valence-corrected chi connectivity index (χ3v) is 5.92. The van der Waals surface area contributed by atoms with Gasteiger partial charge in [0, 0.05) is 36.8 Å². The van der Waals surface area contributed by atoms with E-state index in [2.05, 4.69) is 26.6 Å². The summed E-state index contributed by atoms with van der Waals surface area (Å²) in [6.07, 6.45) is 1.37. The van der Waals surface area contributed by atoms with Gasteiger partial charge in [-0.1, -0.05) is 28.1 Å². The van der Waals surface area contributed by atoms with Gasteiger partial charge < -0.3 is 36.2 Å². The first-order valence-electron chi connectivity index (χ1n) is 12.0. The van der Waals surface area contributed by atoms with Gasteiger partial charge in [0.2, 0.25) is 5.91 Å². The molecule has 0 aliphatic heterocycles. The number of urea groups is 1. The summed E-state index contributed by atoms with van der Waals surface area (Å²) < 4.78 is 5.83. The number of hydrogen-bond donors (Lipinski definition) is 5. The van der Waals surface area contributed by atoms with Gasteiger partial charge in [0.1, 0.15) is 6.04 Å². The van der Waals surface area contributed by atoms with Gasteiger partial charge >= 0.3 is 18.0 Å². The van der Waals surface area contributed by atoms with Crippen LogP contribution in [0.5, 0.6) is 0 Å². The molecule has 206 valence electrons. The summed E-state index contributed by atoms with van der Waals surface area (Å²) in [4.78, 5) is 59.5. The average molecular weight is 587 g/mol. The third kappa shape index (κ3) is 14.2. The fourth-order valence-electron chi connectivity index (χ4n) is 3.43. The molecule has 6 N–H and O–H groups in total. The second-order valence-electron chi connectivity index (χ2n) is 8.35. The highest BCUT2D eigenvalue weighted by Crippen LogP contribution is 2.15. The summed E-state index contributed by atoms with van der Waals surface area (Å²) in [5.74, 6) is -2.57. The summed E-state index contributed by atoms with van der Waals surface area (Å²) in [5, 5.41) is 22.4. The second kappa shape index (κ2) is 18.1. The van der Waals surface area contributed by atoms with E-state index in [0.29, 0.717) is 45.3 Å². The van der Waals surface area contributed by atoms with Gasteiger partial charge in [-0.15, -0.1) is 0 Å². The van der Waals surface area contributed by atoms with E-state index < -0.39 is 36.7 Å². The van der Waals surface area contributed by atoms with E-state index in [4.69, 9.17) is 20.7 Å². The fraction of sp³-hybridized carbons (Fsp3) is 0.542. The van der Waals surface area contributed by atoms with Crippen LogP contribution in [0.25, 0.3) is 0 Å². The Morgan fingerprint density at radius 3 is 2.30 bits per heavy atom. The topological polar surface area (TPSA) is 188 Å². The molecule has 0 spiro atoms. The highest BCUT2D eigenvalue weighted by molar-refractivity contribution is 9.10. The van der Waals surface area contributed by atoms with Crippen molar-refractivity contribution in [3.05, 3.63) is 34.3 Å². The summed E-state index contributed by atoms with van der Waals surface area (Å²) in [7, 11) is 0. The molecule has 0 saturated carbocycles. The number of nitrogens with one attached hydrogen (secondary N) is 2. The van der Waals surface area contributed by atoms with Gasteiger partial charge in [0.25, 0.3) is 6.47 Å². The van der Waals surface area contributed by atoms with Gasteiger partial charge in [-0.25, -0.2) is 9.59 Å². The molecule has 1 aromatic rings. The number of ether oxygens (including phenoxy) is 1. The van der Waals surface area contributed by atoms with E-state index in [1.807, 2.05) is 24.3 Å². The predicted molar refractivity (Wildman–Crippen MR) is 137 cm³/mol. The molecular formula is C24H35BrN4O8. The molecule has 1 rings (SSSR count). The van der Waals surface area contributed by atoms with Gasteiger partial charge in [-0.05, 0) is 56.3 Å². The smallest absolute Gasteiger partial charge is 0.326 e. The van der Waals surface area contributed by atoms with Crippen molar-refractivity contribution in [2.75, 3.05) is 13.1 Å². The lowest BCUT2D eigenvalue weighted by molar-refractivity contribution is -0.141. The van der Waals surface area contributed by atoms with E-state index in [0.717, 1.165) is 16.5 Å². The summed E-state index contributed by atoms with van der Waals surface area (Å²) >= 11 is 3.39. The summed E-state index contributed by atoms with van der Waals surface area (Å²) in [6, 6.07) is 5.35. The van der Waals surface area contributed by atoms with Crippen molar-refractivity contribution >= 4 is 46.3 Å². The van der Waals surface area contributed by atoms with Crippen LogP contribution in [0, 0.1) is 0 Å². The summed E-state index contributed by atoms with van der Waals surface area (Å²) in [5.41, 5.74) is 6.51. The molecule has 2 unspecified atom stereocenters. The first kappa shape index (κ1) is 31.8. The Labute approximate surface area is 224 Å². The first-order valence-corrected chi connectivity index (χ1v) is 12.8. The number of hydrogen-bond acceptors (Lipinski definition) is 7. The lowest BCUT2D eigenvalue weighted by Gasteiger charge is -2.24. The first-order chi connectivity index (χ1) is 17.7. The maximum atomic E-state index is 12.8. The molecular weight excluding hydrogens is 552 g/mol. The third-order valence-electron chi connectivity index (χ3n) is 5.39. The van der Waals surface area contributed by atoms with Crippen molar-refractivity contribution in [2.24, 2.45) is 5.73 Å². The Kier molecular flexibility index (Phi) is 15.6. The minimum absolute atomic E-state index is 0.00985. The van der Waals surface area contributed by atoms with Crippen molar-refractivity contribution in [2.45, 2.75) is 70.2 Å². The fourth-order valence-corrected chi connectivity index (χ4v) is 3.69. The molecule has 0 heterocycles. The molecule has 0 fully saturated rings. The quantitative estimate of drug-likeness (QED) is 0.0918. The molecule has 0 saturated heterocycles. The summed E-state index contributed by atoms with van der Waals surface area (Å²) in [6.45, 7) is 1.58. The Balaban J connectivity index is 2.63. The molecule has 0 aromatic heterocycles. The second-order valence-corrected chi connectivity index (χ2v) is 9.26. The minimum Gasteiger partial charge on any atom is -0.481 e. The molecule has 2 atom stereocenters. The zero-order valence-electron chi connectivity index (χ0n) is 20.6. The van der Waals surface area contributed by atoms with Crippen LogP contribution in [0.2, 0.25) is 0 Å². The number of nitrogens with two attached hydrogens (primary N) is 1. The van der Waals surface area contributed by atoms with E-state index in [1.54, 1.807) is 4.90 Å². The normalized spacial score (nSPS) is 12.2. The number of carbonyl (C=O) groups excluding carboxylic acids is 3. The molecule has 37 heavy (non-hydrogen) atoms. The van der Waals surface area contributed by atoms with Crippen molar-refractivity contribution < 1.29 is 38.9 Å². The Morgan fingerprint density at radius 2 is 1.70 bits per heavy atom. The number of halogens is 1. The predicted octanol–water partition coefficient (Wildman–Crippen LogP) is 2.19. The van der Waals surface area contributed by atoms with Crippen LogP contribution in [0.3, 0.4) is 0 Å². The molecule has 0 bridgehead atoms. The number of carbonyl (C=O) groups is 5. The minimum atomic E-state index is -1.41. The molecule has 0 aliphatic rings. The van der Waals surface area contributed by atoms with Crippen LogP contribution in [-0.4, -0.2) is 70.8 Å². The van der Waals surface area contributed by atoms with Crippen LogP contribution in [-0.2, 0) is 30.5 Å². The van der Waals surface area contributed by atoms with E-state index in [-0.39, 0.29) is 25.2 Å². The molecule has 3 amide bonds. The Morgan fingerprint density at radius 1 is 1.00 bits per heavy atom. The number of aliphatic carboxylic acids is 2. The number of amides is 3. The van der Waals surface area contributed by atoms with Gasteiger partial charge in [-0.2, -0.15) is 0 Å². The van der Waals surface area contributed by atoms with E-state index in [9.17, 15) is 24.0 Å². The molecule has 0 aliphatic carbocycles. The zero-order chi connectivity index (χ0) is 27.6. The number of rotatable bonds is 19. The van der Waals surface area contributed by atoms with E-state index in [1.165, 1.54) is 0 Å². The Bertz CT molecular complexity index is 884. The number of carboxylic acid groups (broad SMARTS) is 2. The average Bonchev–Trinajstić information content (AvgIpc) is 2.84. The lowest BCUT2D eigenvalue weighted by Crippen LogP contribution is -2.49. The van der Waals surface area contributed by atoms with Crippen LogP contribution in [0.15, 0.2) is 28.7 Å². The Hall–Kier alpha value is -3.19. The van der Waals surface area contributed by atoms with Crippen molar-refractivity contribution in [1.29, 1.82) is 0 Å². The molecule has 12 nitrogen and oxygen atoms in total. The molecule has 0 radical (unpaired) electrons. The SMILES string of the molecule is NCCCCC(=O)N(CCCCC(NC(=O)NC(CCC(=O)O)C(=O)O)OC=O)Cc1ccc(Br)cc1. The highest BCUT2D eigenvalue weighted by atomic mass is 79.9. The van der Waals surface area contributed by atoms with Crippen LogP contribution >= 0.6 is 15.9 Å². The number of carboxylic acids is 2. The highest BCUT2D eigenvalue weighted by Gasteiger charge is 2.23. The van der Waals surface area contributed by atoms with Crippen molar-refractivity contribution in [1.82, 2.24) is 15.5 Å². The van der Waals surface area contributed by atoms with Crippen LogP contribution < -0.4 is 16.4 Å².